The molecule has 0 fully saturated rings. The zero-order valence-corrected chi connectivity index (χ0v) is 10.7. The number of aryl methyl sites for hydroxylation is 1. The lowest BCUT2D eigenvalue weighted by Crippen LogP contribution is -1.89. The van der Waals surface area contributed by atoms with Crippen LogP contribution < -0.4 is 0 Å². The molecule has 3 aromatic rings. The van der Waals surface area contributed by atoms with Gasteiger partial charge in [-0.25, -0.2) is 0 Å². The van der Waals surface area contributed by atoms with E-state index in [1.54, 1.807) is 6.20 Å². The van der Waals surface area contributed by atoms with Crippen molar-refractivity contribution >= 4 is 0 Å². The molecule has 0 amide bonds. The van der Waals surface area contributed by atoms with E-state index in [2.05, 4.69) is 29.0 Å². The molecular weight excluding hydrogens is 232 g/mol. The molecule has 92 valence electrons. The molecule has 3 rings (SSSR count). The second kappa shape index (κ2) is 5.02. The second-order valence-electron chi connectivity index (χ2n) is 4.40. The third-order valence-corrected chi connectivity index (χ3v) is 2.92. The van der Waals surface area contributed by atoms with Crippen LogP contribution in [-0.2, 0) is 0 Å². The van der Waals surface area contributed by atoms with Crippen molar-refractivity contribution in [3.05, 3.63) is 72.4 Å². The number of aromatic nitrogens is 2. The Balaban J connectivity index is 2.03. The first kappa shape index (κ1) is 11.6. The molecule has 0 aliphatic heterocycles. The highest BCUT2D eigenvalue weighted by molar-refractivity contribution is 5.63. The van der Waals surface area contributed by atoms with Crippen molar-refractivity contribution in [1.82, 2.24) is 9.97 Å². The molecule has 19 heavy (non-hydrogen) atoms. The third kappa shape index (κ3) is 2.52. The van der Waals surface area contributed by atoms with E-state index in [-0.39, 0.29) is 0 Å². The standard InChI is InChI=1S/C17H13N2/c1-13-8-10-14(11-9-13)15-6-4-7-17(19-15)16-5-2-3-12-18-16/h2-10,12H,1H3/q-1. The molecule has 0 saturated carbocycles. The van der Waals surface area contributed by atoms with Gasteiger partial charge in [-0.05, 0) is 23.9 Å². The average Bonchev–Trinajstić information content (AvgIpc) is 2.49. The summed E-state index contributed by atoms with van der Waals surface area (Å²) in [5, 5.41) is 0. The highest BCUT2D eigenvalue weighted by atomic mass is 14.8. The van der Waals surface area contributed by atoms with Crippen molar-refractivity contribution < 1.29 is 0 Å². The number of benzene rings is 1. The van der Waals surface area contributed by atoms with E-state index in [1.165, 1.54) is 5.56 Å². The molecule has 2 aromatic heterocycles. The quantitative estimate of drug-likeness (QED) is 0.639. The number of nitrogens with zero attached hydrogens (tertiary/aromatic N) is 2. The van der Waals surface area contributed by atoms with E-state index < -0.39 is 0 Å². The summed E-state index contributed by atoms with van der Waals surface area (Å²) in [6.45, 7) is 2.05. The number of hydrogen-bond donors (Lipinski definition) is 0. The van der Waals surface area contributed by atoms with Crippen molar-refractivity contribution in [2.75, 3.05) is 0 Å². The minimum Gasteiger partial charge on any atom is -0.295 e. The molecule has 2 heterocycles. The van der Waals surface area contributed by atoms with Crippen molar-refractivity contribution in [2.24, 2.45) is 0 Å². The molecule has 0 unspecified atom stereocenters. The van der Waals surface area contributed by atoms with Gasteiger partial charge in [-0.3, -0.25) is 9.97 Å². The lowest BCUT2D eigenvalue weighted by atomic mass is 10.1. The van der Waals surface area contributed by atoms with Crippen LogP contribution in [0.5, 0.6) is 0 Å². The maximum absolute atomic E-state index is 4.65. The van der Waals surface area contributed by atoms with E-state index in [0.717, 1.165) is 22.6 Å². The summed E-state index contributed by atoms with van der Waals surface area (Å²) in [6.07, 6.45) is 1.78. The van der Waals surface area contributed by atoms with Gasteiger partial charge in [0.25, 0.3) is 0 Å². The maximum atomic E-state index is 4.65. The predicted molar refractivity (Wildman–Crippen MR) is 76.5 cm³/mol. The van der Waals surface area contributed by atoms with Crippen LogP contribution in [0.1, 0.15) is 5.56 Å². The summed E-state index contributed by atoms with van der Waals surface area (Å²) >= 11 is 0. The molecule has 0 saturated heterocycles. The van der Waals surface area contributed by atoms with Crippen molar-refractivity contribution in [2.45, 2.75) is 6.92 Å². The van der Waals surface area contributed by atoms with Gasteiger partial charge in [0.2, 0.25) is 0 Å². The smallest absolute Gasteiger partial charge is 0.0876 e. The molecule has 0 bridgehead atoms. The Morgan fingerprint density at radius 3 is 2.42 bits per heavy atom. The Kier molecular flexibility index (Phi) is 3.07. The van der Waals surface area contributed by atoms with E-state index in [1.807, 2.05) is 48.5 Å². The van der Waals surface area contributed by atoms with Gasteiger partial charge >= 0.3 is 0 Å². The fraction of sp³-hybridized carbons (Fsp3) is 0.0588. The summed E-state index contributed by atoms with van der Waals surface area (Å²) in [7, 11) is 0. The van der Waals surface area contributed by atoms with E-state index in [9.17, 15) is 0 Å². The maximum Gasteiger partial charge on any atom is 0.0876 e. The SMILES string of the molecule is Cc1c[c-]c(-c2cccc(-c3ccccn3)n2)cc1. The minimum atomic E-state index is 0.882. The Morgan fingerprint density at radius 1 is 0.842 bits per heavy atom. The van der Waals surface area contributed by atoms with Crippen LogP contribution in [-0.4, -0.2) is 9.97 Å². The Bertz CT molecular complexity index is 673. The first-order valence-corrected chi connectivity index (χ1v) is 6.20. The zero-order chi connectivity index (χ0) is 13.1. The Morgan fingerprint density at radius 2 is 1.68 bits per heavy atom. The van der Waals surface area contributed by atoms with Gasteiger partial charge in [0.15, 0.2) is 0 Å². The average molecular weight is 245 g/mol. The summed E-state index contributed by atoms with van der Waals surface area (Å²) in [6, 6.07) is 21.1. The third-order valence-electron chi connectivity index (χ3n) is 2.92. The fourth-order valence-electron chi connectivity index (χ4n) is 1.90. The van der Waals surface area contributed by atoms with Crippen LogP contribution in [0.15, 0.2) is 60.8 Å². The van der Waals surface area contributed by atoms with E-state index in [0.29, 0.717) is 0 Å². The second-order valence-corrected chi connectivity index (χ2v) is 4.40. The van der Waals surface area contributed by atoms with Gasteiger partial charge in [-0.15, -0.1) is 35.4 Å². The lowest BCUT2D eigenvalue weighted by Gasteiger charge is -2.10. The zero-order valence-electron chi connectivity index (χ0n) is 10.7. The van der Waals surface area contributed by atoms with Gasteiger partial charge in [0, 0.05) is 6.20 Å². The van der Waals surface area contributed by atoms with Crippen LogP contribution in [0.3, 0.4) is 0 Å². The number of pyridine rings is 2. The molecule has 0 radical (unpaired) electrons. The van der Waals surface area contributed by atoms with Gasteiger partial charge in [0.05, 0.1) is 11.4 Å². The van der Waals surface area contributed by atoms with Crippen molar-refractivity contribution in [3.63, 3.8) is 0 Å². The first-order valence-electron chi connectivity index (χ1n) is 6.20. The van der Waals surface area contributed by atoms with Crippen LogP contribution in [0.4, 0.5) is 0 Å². The van der Waals surface area contributed by atoms with Crippen molar-refractivity contribution in [1.29, 1.82) is 0 Å². The summed E-state index contributed by atoms with van der Waals surface area (Å²) in [5.74, 6) is 0. The van der Waals surface area contributed by atoms with E-state index in [4.69, 9.17) is 0 Å². The van der Waals surface area contributed by atoms with Gasteiger partial charge < -0.3 is 0 Å². The largest absolute Gasteiger partial charge is 0.295 e. The fourth-order valence-corrected chi connectivity index (χ4v) is 1.90. The van der Waals surface area contributed by atoms with Crippen molar-refractivity contribution in [3.8, 4) is 22.6 Å². The van der Waals surface area contributed by atoms with Crippen LogP contribution >= 0.6 is 0 Å². The van der Waals surface area contributed by atoms with Gasteiger partial charge in [0.1, 0.15) is 0 Å². The predicted octanol–water partition coefficient (Wildman–Crippen LogP) is 3.92. The summed E-state index contributed by atoms with van der Waals surface area (Å²) in [5.41, 5.74) is 4.89. The molecule has 0 aliphatic carbocycles. The monoisotopic (exact) mass is 245 g/mol. The Hall–Kier alpha value is -2.48. The molecule has 1 aromatic carbocycles. The topological polar surface area (TPSA) is 25.8 Å². The highest BCUT2D eigenvalue weighted by Crippen LogP contribution is 2.21. The molecule has 2 nitrogen and oxygen atoms in total. The summed E-state index contributed by atoms with van der Waals surface area (Å²) < 4.78 is 0. The molecule has 0 atom stereocenters. The van der Waals surface area contributed by atoms with Gasteiger partial charge in [-0.1, -0.05) is 25.1 Å². The molecule has 0 spiro atoms. The first-order chi connectivity index (χ1) is 9.33. The molecule has 2 heteroatoms. The number of hydrogen-bond acceptors (Lipinski definition) is 2. The molecular formula is C17H13N2-. The van der Waals surface area contributed by atoms with E-state index >= 15 is 0 Å². The Labute approximate surface area is 112 Å². The van der Waals surface area contributed by atoms with Crippen LogP contribution in [0.25, 0.3) is 22.6 Å². The van der Waals surface area contributed by atoms with Crippen LogP contribution in [0, 0.1) is 13.0 Å². The summed E-state index contributed by atoms with van der Waals surface area (Å²) in [4.78, 5) is 8.97. The number of rotatable bonds is 2. The minimum absolute atomic E-state index is 0.882. The molecule has 0 aliphatic rings. The highest BCUT2D eigenvalue weighted by Gasteiger charge is 1.99. The normalized spacial score (nSPS) is 10.4. The van der Waals surface area contributed by atoms with Gasteiger partial charge in [-0.2, -0.15) is 0 Å². The van der Waals surface area contributed by atoms with Crippen LogP contribution in [0.2, 0.25) is 0 Å². The molecule has 0 N–H and O–H groups in total. The lowest BCUT2D eigenvalue weighted by molar-refractivity contribution is 1.25.